The number of amides is 1. The van der Waals surface area contributed by atoms with E-state index in [1.54, 1.807) is 7.11 Å². The van der Waals surface area contributed by atoms with Gasteiger partial charge in [0.25, 0.3) is 0 Å². The van der Waals surface area contributed by atoms with Gasteiger partial charge < -0.3 is 10.1 Å². The molecule has 2 rings (SSSR count). The summed E-state index contributed by atoms with van der Waals surface area (Å²) in [4.78, 5) is 12.0. The number of benzene rings is 1. The van der Waals surface area contributed by atoms with Gasteiger partial charge in [0.1, 0.15) is 5.75 Å². The van der Waals surface area contributed by atoms with Crippen molar-refractivity contribution in [3.8, 4) is 5.75 Å². The third-order valence-corrected chi connectivity index (χ3v) is 3.60. The summed E-state index contributed by atoms with van der Waals surface area (Å²) in [7, 11) is 1.65. The van der Waals surface area contributed by atoms with E-state index < -0.39 is 0 Å². The highest BCUT2D eigenvalue weighted by atomic mass is 16.5. The van der Waals surface area contributed by atoms with E-state index in [0.717, 1.165) is 24.2 Å². The molecular weight excluding hydrogens is 226 g/mol. The molecule has 0 aromatic heterocycles. The van der Waals surface area contributed by atoms with Crippen LogP contribution in [-0.2, 0) is 11.3 Å². The van der Waals surface area contributed by atoms with Gasteiger partial charge in [-0.2, -0.15) is 0 Å². The highest BCUT2D eigenvalue weighted by Crippen LogP contribution is 2.23. The lowest BCUT2D eigenvalue weighted by molar-refractivity contribution is -0.126. The molecule has 0 spiro atoms. The number of methoxy groups -OCH3 is 1. The zero-order valence-corrected chi connectivity index (χ0v) is 10.9. The molecule has 1 amide bonds. The summed E-state index contributed by atoms with van der Waals surface area (Å²) in [5, 5.41) is 3.03. The average molecular weight is 247 g/mol. The van der Waals surface area contributed by atoms with Crippen LogP contribution in [0, 0.1) is 5.92 Å². The Balaban J connectivity index is 1.80. The maximum atomic E-state index is 12.0. The smallest absolute Gasteiger partial charge is 0.223 e. The molecule has 0 unspecified atom stereocenters. The third-order valence-electron chi connectivity index (χ3n) is 3.60. The molecule has 18 heavy (non-hydrogen) atoms. The molecule has 1 aliphatic carbocycles. The average Bonchev–Trinajstić information content (AvgIpc) is 2.46. The summed E-state index contributed by atoms with van der Waals surface area (Å²) in [6.45, 7) is 0.610. The Morgan fingerprint density at radius 2 is 1.89 bits per heavy atom. The van der Waals surface area contributed by atoms with Crippen LogP contribution in [0.3, 0.4) is 0 Å². The minimum absolute atomic E-state index is 0.213. The fourth-order valence-electron chi connectivity index (χ4n) is 2.44. The van der Waals surface area contributed by atoms with Crippen molar-refractivity contribution in [2.45, 2.75) is 38.6 Å². The topological polar surface area (TPSA) is 38.3 Å². The van der Waals surface area contributed by atoms with E-state index in [4.69, 9.17) is 4.74 Å². The Labute approximate surface area is 109 Å². The van der Waals surface area contributed by atoms with Crippen molar-refractivity contribution >= 4 is 5.91 Å². The van der Waals surface area contributed by atoms with E-state index in [0.29, 0.717) is 6.54 Å². The predicted octanol–water partition coefficient (Wildman–Crippen LogP) is 2.89. The first-order valence-electron chi connectivity index (χ1n) is 6.70. The van der Waals surface area contributed by atoms with Gasteiger partial charge in [-0.25, -0.2) is 0 Å². The Kier molecular flexibility index (Phi) is 4.62. The molecule has 1 aliphatic rings. The van der Waals surface area contributed by atoms with Gasteiger partial charge in [-0.15, -0.1) is 0 Å². The van der Waals surface area contributed by atoms with Crippen LogP contribution in [0.4, 0.5) is 0 Å². The van der Waals surface area contributed by atoms with E-state index in [9.17, 15) is 4.79 Å². The lowest BCUT2D eigenvalue weighted by Crippen LogP contribution is -2.31. The van der Waals surface area contributed by atoms with E-state index in [-0.39, 0.29) is 11.8 Å². The molecule has 1 aromatic carbocycles. The van der Waals surface area contributed by atoms with Crippen LogP contribution >= 0.6 is 0 Å². The Bertz CT molecular complexity index is 380. The van der Waals surface area contributed by atoms with Gasteiger partial charge >= 0.3 is 0 Å². The highest BCUT2D eigenvalue weighted by Gasteiger charge is 2.20. The SMILES string of the molecule is COc1ccc(CNC(=O)C2CCCCC2)cc1. The Hall–Kier alpha value is -1.51. The number of carbonyl (C=O) groups excluding carboxylic acids is 1. The first-order valence-corrected chi connectivity index (χ1v) is 6.70. The molecule has 0 saturated heterocycles. The summed E-state index contributed by atoms with van der Waals surface area (Å²) < 4.78 is 5.10. The van der Waals surface area contributed by atoms with Gasteiger partial charge in [0.2, 0.25) is 5.91 Å². The van der Waals surface area contributed by atoms with Gasteiger partial charge in [-0.05, 0) is 30.5 Å². The summed E-state index contributed by atoms with van der Waals surface area (Å²) >= 11 is 0. The van der Waals surface area contributed by atoms with Gasteiger partial charge in [0, 0.05) is 12.5 Å². The van der Waals surface area contributed by atoms with E-state index >= 15 is 0 Å². The molecule has 98 valence electrons. The van der Waals surface area contributed by atoms with E-state index in [2.05, 4.69) is 5.32 Å². The second-order valence-electron chi connectivity index (χ2n) is 4.90. The Morgan fingerprint density at radius 3 is 2.50 bits per heavy atom. The summed E-state index contributed by atoms with van der Waals surface area (Å²) in [6, 6.07) is 7.81. The summed E-state index contributed by atoms with van der Waals surface area (Å²) in [6.07, 6.45) is 5.77. The lowest BCUT2D eigenvalue weighted by Gasteiger charge is -2.20. The molecule has 0 radical (unpaired) electrons. The van der Waals surface area contributed by atoms with Crippen molar-refractivity contribution in [1.29, 1.82) is 0 Å². The number of carbonyl (C=O) groups is 1. The Morgan fingerprint density at radius 1 is 1.22 bits per heavy atom. The van der Waals surface area contributed by atoms with Gasteiger partial charge in [0.15, 0.2) is 0 Å². The molecular formula is C15H21NO2. The number of hydrogen-bond donors (Lipinski definition) is 1. The summed E-state index contributed by atoms with van der Waals surface area (Å²) in [5.74, 6) is 1.29. The minimum Gasteiger partial charge on any atom is -0.497 e. The molecule has 1 saturated carbocycles. The van der Waals surface area contributed by atoms with Gasteiger partial charge in [0.05, 0.1) is 7.11 Å². The van der Waals surface area contributed by atoms with Gasteiger partial charge in [-0.3, -0.25) is 4.79 Å². The van der Waals surface area contributed by atoms with Crippen LogP contribution < -0.4 is 10.1 Å². The molecule has 1 aromatic rings. The molecule has 0 atom stereocenters. The first kappa shape index (κ1) is 12.9. The summed E-state index contributed by atoms with van der Waals surface area (Å²) in [5.41, 5.74) is 1.11. The van der Waals surface area contributed by atoms with Gasteiger partial charge in [-0.1, -0.05) is 31.4 Å². The monoisotopic (exact) mass is 247 g/mol. The molecule has 0 bridgehead atoms. The second-order valence-corrected chi connectivity index (χ2v) is 4.90. The van der Waals surface area contributed by atoms with Crippen LogP contribution in [-0.4, -0.2) is 13.0 Å². The predicted molar refractivity (Wildman–Crippen MR) is 71.4 cm³/mol. The lowest BCUT2D eigenvalue weighted by atomic mass is 9.88. The first-order chi connectivity index (χ1) is 8.79. The zero-order valence-electron chi connectivity index (χ0n) is 10.9. The van der Waals surface area contributed by atoms with Crippen molar-refractivity contribution in [2.75, 3.05) is 7.11 Å². The third kappa shape index (κ3) is 3.49. The minimum atomic E-state index is 0.213. The van der Waals surface area contributed by atoms with Crippen LogP contribution in [0.1, 0.15) is 37.7 Å². The fraction of sp³-hybridized carbons (Fsp3) is 0.533. The van der Waals surface area contributed by atoms with E-state index in [1.807, 2.05) is 24.3 Å². The largest absolute Gasteiger partial charge is 0.497 e. The van der Waals surface area contributed by atoms with Crippen molar-refractivity contribution in [2.24, 2.45) is 5.92 Å². The molecule has 3 nitrogen and oxygen atoms in total. The number of ether oxygens (including phenoxy) is 1. The zero-order chi connectivity index (χ0) is 12.8. The van der Waals surface area contributed by atoms with E-state index in [1.165, 1.54) is 19.3 Å². The van der Waals surface area contributed by atoms with Crippen LogP contribution in [0.2, 0.25) is 0 Å². The molecule has 0 heterocycles. The fourth-order valence-corrected chi connectivity index (χ4v) is 2.44. The maximum absolute atomic E-state index is 12.0. The number of hydrogen-bond acceptors (Lipinski definition) is 2. The second kappa shape index (κ2) is 6.43. The highest BCUT2D eigenvalue weighted by molar-refractivity contribution is 5.78. The normalized spacial score (nSPS) is 16.3. The molecule has 1 N–H and O–H groups in total. The number of rotatable bonds is 4. The van der Waals surface area contributed by atoms with Crippen molar-refractivity contribution < 1.29 is 9.53 Å². The van der Waals surface area contributed by atoms with Crippen LogP contribution in [0.15, 0.2) is 24.3 Å². The quantitative estimate of drug-likeness (QED) is 0.888. The van der Waals surface area contributed by atoms with Crippen molar-refractivity contribution in [3.63, 3.8) is 0 Å². The van der Waals surface area contributed by atoms with Crippen LogP contribution in [0.25, 0.3) is 0 Å². The van der Waals surface area contributed by atoms with Crippen molar-refractivity contribution in [3.05, 3.63) is 29.8 Å². The molecule has 0 aliphatic heterocycles. The van der Waals surface area contributed by atoms with Crippen molar-refractivity contribution in [1.82, 2.24) is 5.32 Å². The maximum Gasteiger partial charge on any atom is 0.223 e. The standard InChI is InChI=1S/C15H21NO2/c1-18-14-9-7-12(8-10-14)11-16-15(17)13-5-3-2-4-6-13/h7-10,13H,2-6,11H2,1H3,(H,16,17). The molecule has 3 heteroatoms. The molecule has 1 fully saturated rings. The number of nitrogens with one attached hydrogen (secondary N) is 1. The van der Waals surface area contributed by atoms with Crippen LogP contribution in [0.5, 0.6) is 5.75 Å².